The fourth-order valence-corrected chi connectivity index (χ4v) is 5.65. The number of benzene rings is 4. The Balaban J connectivity index is 1.55. The predicted molar refractivity (Wildman–Crippen MR) is 145 cm³/mol. The lowest BCUT2D eigenvalue weighted by Gasteiger charge is -2.39. The van der Waals surface area contributed by atoms with E-state index in [2.05, 4.69) is 65.7 Å². The zero-order valence-electron chi connectivity index (χ0n) is 20.5. The molecule has 1 heterocycles. The molecule has 1 unspecified atom stereocenters. The van der Waals surface area contributed by atoms with Crippen molar-refractivity contribution in [2.75, 3.05) is 5.32 Å². The minimum Gasteiger partial charge on any atom is -0.508 e. The molecule has 4 aromatic rings. The topological polar surface area (TPSA) is 52.6 Å². The molecule has 0 radical (unpaired) electrons. The van der Waals surface area contributed by atoms with Crippen molar-refractivity contribution in [3.05, 3.63) is 132 Å². The van der Waals surface area contributed by atoms with Crippen LogP contribution in [0.1, 0.15) is 48.4 Å². The number of para-hydroxylation sites is 1. The molecule has 4 aromatic carbocycles. The monoisotopic (exact) mass is 476 g/mol. The second kappa shape index (κ2) is 10.8. The summed E-state index contributed by atoms with van der Waals surface area (Å²) in [6, 6.07) is 38.1. The average Bonchev–Trinajstić information content (AvgIpc) is 3.36. The molecule has 36 heavy (non-hydrogen) atoms. The van der Waals surface area contributed by atoms with Crippen molar-refractivity contribution in [1.29, 1.82) is 0 Å². The maximum atomic E-state index is 13.7. The first-order valence-corrected chi connectivity index (χ1v) is 12.6. The van der Waals surface area contributed by atoms with Crippen LogP contribution in [0.4, 0.5) is 5.69 Å². The van der Waals surface area contributed by atoms with Gasteiger partial charge in [-0.25, -0.2) is 0 Å². The molecule has 0 aliphatic carbocycles. The van der Waals surface area contributed by atoms with Crippen LogP contribution in [0.3, 0.4) is 0 Å². The van der Waals surface area contributed by atoms with Crippen molar-refractivity contribution < 1.29 is 9.90 Å². The third kappa shape index (κ3) is 5.05. The second-order valence-corrected chi connectivity index (χ2v) is 9.53. The summed E-state index contributed by atoms with van der Waals surface area (Å²) in [4.78, 5) is 16.1. The van der Waals surface area contributed by atoms with Gasteiger partial charge in [-0.3, -0.25) is 9.69 Å². The van der Waals surface area contributed by atoms with Gasteiger partial charge in [0.2, 0.25) is 5.91 Å². The fraction of sp³-hybridized carbons (Fsp3) is 0.219. The summed E-state index contributed by atoms with van der Waals surface area (Å²) in [7, 11) is 0. The van der Waals surface area contributed by atoms with Crippen LogP contribution in [0.15, 0.2) is 115 Å². The quantitative estimate of drug-likeness (QED) is 0.310. The van der Waals surface area contributed by atoms with E-state index in [1.54, 1.807) is 12.1 Å². The highest BCUT2D eigenvalue weighted by atomic mass is 16.3. The predicted octanol–water partition coefficient (Wildman–Crippen LogP) is 6.76. The maximum absolute atomic E-state index is 13.7. The smallest absolute Gasteiger partial charge is 0.241 e. The van der Waals surface area contributed by atoms with Crippen LogP contribution < -0.4 is 5.32 Å². The summed E-state index contributed by atoms with van der Waals surface area (Å²) in [5.74, 6) is 0.350. The van der Waals surface area contributed by atoms with E-state index in [1.807, 2.05) is 54.6 Å². The van der Waals surface area contributed by atoms with E-state index in [0.717, 1.165) is 24.1 Å². The molecule has 0 bridgehead atoms. The lowest BCUT2D eigenvalue weighted by atomic mass is 9.83. The molecule has 4 nitrogen and oxygen atoms in total. The van der Waals surface area contributed by atoms with Gasteiger partial charge in [-0.1, -0.05) is 91.0 Å². The number of phenols is 1. The SMILES string of the molecule is C[C@@H](c1ccccc1)N1[C@@H](C(=O)Nc2ccccc2)CC[C@H]1C(c1ccccc1)c1ccc(O)cc1. The number of nitrogens with zero attached hydrogens (tertiary/aromatic N) is 1. The summed E-state index contributed by atoms with van der Waals surface area (Å²) in [5.41, 5.74) is 4.36. The zero-order chi connectivity index (χ0) is 24.9. The Kier molecular flexibility index (Phi) is 7.15. The number of nitrogens with one attached hydrogen (secondary N) is 1. The van der Waals surface area contributed by atoms with Gasteiger partial charge < -0.3 is 10.4 Å². The first-order chi connectivity index (χ1) is 17.6. The van der Waals surface area contributed by atoms with Crippen LogP contribution in [-0.4, -0.2) is 28.0 Å². The van der Waals surface area contributed by atoms with Crippen LogP contribution in [0.5, 0.6) is 5.75 Å². The van der Waals surface area contributed by atoms with Gasteiger partial charge in [0, 0.05) is 23.7 Å². The Morgan fingerprint density at radius 2 is 1.28 bits per heavy atom. The van der Waals surface area contributed by atoms with Crippen molar-refractivity contribution in [3.8, 4) is 5.75 Å². The van der Waals surface area contributed by atoms with Crippen molar-refractivity contribution in [1.82, 2.24) is 4.90 Å². The van der Waals surface area contributed by atoms with E-state index < -0.39 is 0 Å². The van der Waals surface area contributed by atoms with Crippen LogP contribution in [0, 0.1) is 0 Å². The number of amides is 1. The molecule has 0 spiro atoms. The zero-order valence-corrected chi connectivity index (χ0v) is 20.5. The lowest BCUT2D eigenvalue weighted by Crippen LogP contribution is -2.46. The molecule has 1 amide bonds. The Bertz CT molecular complexity index is 1260. The van der Waals surface area contributed by atoms with Crippen LogP contribution in [0.25, 0.3) is 0 Å². The minimum absolute atomic E-state index is 0.0315. The Morgan fingerprint density at radius 1 is 0.750 bits per heavy atom. The highest BCUT2D eigenvalue weighted by molar-refractivity contribution is 5.95. The van der Waals surface area contributed by atoms with E-state index in [1.165, 1.54) is 11.1 Å². The standard InChI is InChI=1S/C32H32N2O2/c1-23(24-11-5-2-6-12-24)34-29(21-22-30(34)32(36)33-27-15-9-4-10-16-27)31(25-13-7-3-8-14-25)26-17-19-28(35)20-18-26/h2-20,23,29-31,35H,21-22H2,1H3,(H,33,36)/t23-,29-,30+,31?/m0/s1. The summed E-state index contributed by atoms with van der Waals surface area (Å²) in [5, 5.41) is 13.1. The fourth-order valence-electron chi connectivity index (χ4n) is 5.65. The normalized spacial score (nSPS) is 19.5. The molecule has 4 atom stereocenters. The first-order valence-electron chi connectivity index (χ1n) is 12.6. The first kappa shape index (κ1) is 23.8. The lowest BCUT2D eigenvalue weighted by molar-refractivity contribution is -0.121. The molecule has 0 aromatic heterocycles. The van der Waals surface area contributed by atoms with Gasteiger partial charge in [-0.05, 0) is 60.7 Å². The molecular formula is C32H32N2O2. The number of phenolic OH excluding ortho intramolecular Hbond substituents is 1. The van der Waals surface area contributed by atoms with Crippen LogP contribution in [0.2, 0.25) is 0 Å². The van der Waals surface area contributed by atoms with E-state index in [9.17, 15) is 9.90 Å². The molecular weight excluding hydrogens is 444 g/mol. The van der Waals surface area contributed by atoms with Gasteiger partial charge in [0.15, 0.2) is 0 Å². The molecule has 1 fully saturated rings. The van der Waals surface area contributed by atoms with Crippen molar-refractivity contribution in [3.63, 3.8) is 0 Å². The molecule has 5 rings (SSSR count). The number of aromatic hydroxyl groups is 1. The van der Waals surface area contributed by atoms with Gasteiger partial charge in [0.25, 0.3) is 0 Å². The Morgan fingerprint density at radius 3 is 1.89 bits per heavy atom. The van der Waals surface area contributed by atoms with E-state index in [0.29, 0.717) is 0 Å². The van der Waals surface area contributed by atoms with E-state index >= 15 is 0 Å². The van der Waals surface area contributed by atoms with E-state index in [4.69, 9.17) is 0 Å². The van der Waals surface area contributed by atoms with Crippen molar-refractivity contribution >= 4 is 11.6 Å². The number of carbonyl (C=O) groups is 1. The van der Waals surface area contributed by atoms with Crippen LogP contribution in [-0.2, 0) is 4.79 Å². The number of rotatable bonds is 7. The summed E-state index contributed by atoms with van der Waals surface area (Å²) in [6.07, 6.45) is 1.67. The molecule has 182 valence electrons. The Labute approximate surface area is 213 Å². The Hall–Kier alpha value is -3.89. The number of likely N-dealkylation sites (tertiary alicyclic amines) is 1. The van der Waals surface area contributed by atoms with Gasteiger partial charge in [0.05, 0.1) is 6.04 Å². The molecule has 1 saturated heterocycles. The minimum atomic E-state index is -0.256. The molecule has 2 N–H and O–H groups in total. The highest BCUT2D eigenvalue weighted by Crippen LogP contribution is 2.43. The van der Waals surface area contributed by atoms with Gasteiger partial charge in [0.1, 0.15) is 5.75 Å². The second-order valence-electron chi connectivity index (χ2n) is 9.53. The van der Waals surface area contributed by atoms with Crippen molar-refractivity contribution in [2.24, 2.45) is 0 Å². The number of hydrogen-bond donors (Lipinski definition) is 2. The molecule has 1 aliphatic rings. The molecule has 4 heteroatoms. The highest BCUT2D eigenvalue weighted by Gasteiger charge is 2.44. The maximum Gasteiger partial charge on any atom is 0.241 e. The molecule has 1 aliphatic heterocycles. The number of hydrogen-bond acceptors (Lipinski definition) is 3. The van der Waals surface area contributed by atoms with Gasteiger partial charge >= 0.3 is 0 Å². The number of anilines is 1. The summed E-state index contributed by atoms with van der Waals surface area (Å²) < 4.78 is 0. The average molecular weight is 477 g/mol. The number of carbonyl (C=O) groups excluding carboxylic acids is 1. The largest absolute Gasteiger partial charge is 0.508 e. The summed E-state index contributed by atoms with van der Waals surface area (Å²) in [6.45, 7) is 2.20. The van der Waals surface area contributed by atoms with E-state index in [-0.39, 0.29) is 35.7 Å². The third-order valence-electron chi connectivity index (χ3n) is 7.35. The van der Waals surface area contributed by atoms with Gasteiger partial charge in [-0.2, -0.15) is 0 Å². The van der Waals surface area contributed by atoms with Crippen LogP contribution >= 0.6 is 0 Å². The van der Waals surface area contributed by atoms with Gasteiger partial charge in [-0.15, -0.1) is 0 Å². The van der Waals surface area contributed by atoms with Crippen molar-refractivity contribution in [2.45, 2.75) is 43.8 Å². The molecule has 0 saturated carbocycles. The summed E-state index contributed by atoms with van der Waals surface area (Å²) >= 11 is 0. The third-order valence-corrected chi connectivity index (χ3v) is 7.35.